The summed E-state index contributed by atoms with van der Waals surface area (Å²) < 4.78 is 5.06. The fourth-order valence-corrected chi connectivity index (χ4v) is 2.74. The molecular formula is C13H19NO3. The molecule has 1 fully saturated rings. The second kappa shape index (κ2) is 4.90. The van der Waals surface area contributed by atoms with Crippen LogP contribution in [0.2, 0.25) is 0 Å². The van der Waals surface area contributed by atoms with Crippen LogP contribution in [0.25, 0.3) is 0 Å². The lowest BCUT2D eigenvalue weighted by Crippen LogP contribution is -2.33. The monoisotopic (exact) mass is 237 g/mol. The molecule has 2 heterocycles. The van der Waals surface area contributed by atoms with Crippen molar-refractivity contribution in [1.82, 2.24) is 4.90 Å². The van der Waals surface area contributed by atoms with Crippen LogP contribution in [0.4, 0.5) is 0 Å². The van der Waals surface area contributed by atoms with E-state index in [4.69, 9.17) is 4.74 Å². The van der Waals surface area contributed by atoms with E-state index in [-0.39, 0.29) is 17.8 Å². The van der Waals surface area contributed by atoms with Gasteiger partial charge in [-0.2, -0.15) is 0 Å². The lowest BCUT2D eigenvalue weighted by molar-refractivity contribution is -0.138. The van der Waals surface area contributed by atoms with Gasteiger partial charge in [-0.3, -0.25) is 4.79 Å². The van der Waals surface area contributed by atoms with E-state index >= 15 is 0 Å². The minimum Gasteiger partial charge on any atom is -0.463 e. The molecule has 2 rings (SSSR count). The van der Waals surface area contributed by atoms with Gasteiger partial charge in [0, 0.05) is 18.7 Å². The van der Waals surface area contributed by atoms with Gasteiger partial charge in [-0.05, 0) is 33.1 Å². The Morgan fingerprint density at radius 3 is 2.94 bits per heavy atom. The Hall–Kier alpha value is -1.32. The summed E-state index contributed by atoms with van der Waals surface area (Å²) in [5.41, 5.74) is 1.63. The number of fused-ring (bicyclic) bond motifs is 1. The van der Waals surface area contributed by atoms with Crippen LogP contribution in [0.1, 0.15) is 39.5 Å². The molecule has 0 spiro atoms. The molecule has 4 heteroatoms. The second-order valence-corrected chi connectivity index (χ2v) is 4.60. The minimum absolute atomic E-state index is 0.00178. The van der Waals surface area contributed by atoms with Gasteiger partial charge in [0.1, 0.15) is 0 Å². The number of carbonyl (C=O) groups is 2. The quantitative estimate of drug-likeness (QED) is 0.685. The number of esters is 1. The summed E-state index contributed by atoms with van der Waals surface area (Å²) in [5, 5.41) is 0. The van der Waals surface area contributed by atoms with Gasteiger partial charge in [0.2, 0.25) is 0 Å². The third-order valence-corrected chi connectivity index (χ3v) is 3.64. The van der Waals surface area contributed by atoms with Crippen molar-refractivity contribution in [2.45, 2.75) is 45.6 Å². The molecule has 0 N–H and O–H groups in total. The molecule has 0 bridgehead atoms. The molecule has 0 amide bonds. The largest absolute Gasteiger partial charge is 0.463 e. The predicted molar refractivity (Wildman–Crippen MR) is 63.3 cm³/mol. The topological polar surface area (TPSA) is 46.6 Å². The van der Waals surface area contributed by atoms with Gasteiger partial charge in [-0.1, -0.05) is 0 Å². The Bertz CT molecular complexity index is 373. The van der Waals surface area contributed by atoms with Crippen molar-refractivity contribution in [3.63, 3.8) is 0 Å². The summed E-state index contributed by atoms with van der Waals surface area (Å²) in [6.45, 7) is 5.00. The summed E-state index contributed by atoms with van der Waals surface area (Å²) in [6.07, 6.45) is 2.94. The number of nitrogens with zero attached hydrogens (tertiary/aromatic N) is 1. The average molecular weight is 237 g/mol. The third-order valence-electron chi connectivity index (χ3n) is 3.64. The smallest absolute Gasteiger partial charge is 0.335 e. The molecule has 2 aliphatic heterocycles. The van der Waals surface area contributed by atoms with Gasteiger partial charge in [-0.25, -0.2) is 4.79 Å². The summed E-state index contributed by atoms with van der Waals surface area (Å²) >= 11 is 0. The van der Waals surface area contributed by atoms with Crippen LogP contribution in [-0.2, 0) is 14.3 Å². The summed E-state index contributed by atoms with van der Waals surface area (Å²) in [6, 6.07) is 0.00178. The highest BCUT2D eigenvalue weighted by atomic mass is 16.5. The zero-order valence-corrected chi connectivity index (χ0v) is 10.5. The Kier molecular flexibility index (Phi) is 3.50. The second-order valence-electron chi connectivity index (χ2n) is 4.60. The van der Waals surface area contributed by atoms with E-state index in [1.807, 2.05) is 6.92 Å². The van der Waals surface area contributed by atoms with Crippen molar-refractivity contribution in [2.75, 3.05) is 13.2 Å². The molecule has 94 valence electrons. The van der Waals surface area contributed by atoms with Crippen molar-refractivity contribution in [2.24, 2.45) is 0 Å². The van der Waals surface area contributed by atoms with Crippen LogP contribution >= 0.6 is 0 Å². The van der Waals surface area contributed by atoms with Gasteiger partial charge in [-0.15, -0.1) is 0 Å². The number of allylic oxidation sites excluding steroid dienone is 1. The standard InChI is InChI=1S/C13H19NO3/c1-3-17-13(16)10-6-7-12(15)11-5-4-8-14(11)9(10)2/h11H,3-8H2,1-2H3/t11-/m0/s1. The summed E-state index contributed by atoms with van der Waals surface area (Å²) in [5.74, 6) is 0.00602. The van der Waals surface area contributed by atoms with Crippen LogP contribution in [0.5, 0.6) is 0 Å². The van der Waals surface area contributed by atoms with Crippen LogP contribution in [0.3, 0.4) is 0 Å². The van der Waals surface area contributed by atoms with E-state index in [1.165, 1.54) is 0 Å². The zero-order chi connectivity index (χ0) is 12.4. The summed E-state index contributed by atoms with van der Waals surface area (Å²) in [4.78, 5) is 25.9. The van der Waals surface area contributed by atoms with Gasteiger partial charge in [0.25, 0.3) is 0 Å². The highest BCUT2D eigenvalue weighted by Crippen LogP contribution is 2.30. The Morgan fingerprint density at radius 2 is 2.24 bits per heavy atom. The number of ether oxygens (including phenoxy) is 1. The zero-order valence-electron chi connectivity index (χ0n) is 10.5. The summed E-state index contributed by atoms with van der Waals surface area (Å²) in [7, 11) is 0. The van der Waals surface area contributed by atoms with Gasteiger partial charge >= 0.3 is 5.97 Å². The van der Waals surface area contributed by atoms with Crippen LogP contribution in [0, 0.1) is 0 Å². The third kappa shape index (κ3) is 2.21. The van der Waals surface area contributed by atoms with E-state index in [9.17, 15) is 9.59 Å². The molecule has 2 aliphatic rings. The van der Waals surface area contributed by atoms with Crippen molar-refractivity contribution in [3.05, 3.63) is 11.3 Å². The lowest BCUT2D eigenvalue weighted by atomic mass is 10.0. The number of carbonyl (C=O) groups excluding carboxylic acids is 2. The Morgan fingerprint density at radius 1 is 1.47 bits per heavy atom. The molecule has 0 aromatic carbocycles. The van der Waals surface area contributed by atoms with Gasteiger partial charge in [0.05, 0.1) is 18.2 Å². The van der Waals surface area contributed by atoms with E-state index in [2.05, 4.69) is 4.90 Å². The highest BCUT2D eigenvalue weighted by molar-refractivity contribution is 5.93. The first-order chi connectivity index (χ1) is 8.15. The molecule has 0 aromatic rings. The fraction of sp³-hybridized carbons (Fsp3) is 0.692. The normalized spacial score (nSPS) is 24.7. The maximum Gasteiger partial charge on any atom is 0.335 e. The number of Topliss-reactive ketones (excluding diaryl/α,β-unsaturated/α-hetero) is 1. The molecule has 0 radical (unpaired) electrons. The average Bonchev–Trinajstić information content (AvgIpc) is 2.74. The Labute approximate surface area is 102 Å². The molecule has 0 unspecified atom stereocenters. The number of hydrogen-bond donors (Lipinski definition) is 0. The first-order valence-corrected chi connectivity index (χ1v) is 6.31. The van der Waals surface area contributed by atoms with Crippen molar-refractivity contribution in [1.29, 1.82) is 0 Å². The minimum atomic E-state index is -0.259. The molecule has 0 aromatic heterocycles. The van der Waals surface area contributed by atoms with Crippen molar-refractivity contribution < 1.29 is 14.3 Å². The lowest BCUT2D eigenvalue weighted by Gasteiger charge is -2.25. The molecular weight excluding hydrogens is 218 g/mol. The first-order valence-electron chi connectivity index (χ1n) is 6.31. The SMILES string of the molecule is CCOC(=O)C1=C(C)N2CCC[C@H]2C(=O)CC1. The van der Waals surface area contributed by atoms with Crippen molar-refractivity contribution >= 4 is 11.8 Å². The van der Waals surface area contributed by atoms with Crippen LogP contribution in [0.15, 0.2) is 11.3 Å². The van der Waals surface area contributed by atoms with Gasteiger partial charge in [0.15, 0.2) is 5.78 Å². The van der Waals surface area contributed by atoms with E-state index < -0.39 is 0 Å². The van der Waals surface area contributed by atoms with E-state index in [1.54, 1.807) is 6.92 Å². The number of ketones is 1. The Balaban J connectivity index is 2.27. The number of rotatable bonds is 2. The molecule has 1 atom stereocenters. The molecule has 4 nitrogen and oxygen atoms in total. The maximum atomic E-state index is 11.9. The van der Waals surface area contributed by atoms with Crippen LogP contribution in [-0.4, -0.2) is 35.8 Å². The van der Waals surface area contributed by atoms with E-state index in [0.29, 0.717) is 25.0 Å². The first kappa shape index (κ1) is 12.1. The fourth-order valence-electron chi connectivity index (χ4n) is 2.74. The van der Waals surface area contributed by atoms with E-state index in [0.717, 1.165) is 25.1 Å². The molecule has 0 saturated carbocycles. The van der Waals surface area contributed by atoms with Gasteiger partial charge < -0.3 is 9.64 Å². The predicted octanol–water partition coefficient (Wildman–Crippen LogP) is 1.65. The van der Waals surface area contributed by atoms with Crippen LogP contribution < -0.4 is 0 Å². The number of hydrogen-bond acceptors (Lipinski definition) is 4. The molecule has 0 aliphatic carbocycles. The maximum absolute atomic E-state index is 11.9. The van der Waals surface area contributed by atoms with Crippen molar-refractivity contribution in [3.8, 4) is 0 Å². The molecule has 17 heavy (non-hydrogen) atoms. The molecule has 1 saturated heterocycles. The highest BCUT2D eigenvalue weighted by Gasteiger charge is 2.35.